The second kappa shape index (κ2) is 13.2. The molecule has 286 valence electrons. The zero-order valence-electron chi connectivity index (χ0n) is 29.7. The average molecular weight is 748 g/mol. The van der Waals surface area contributed by atoms with Gasteiger partial charge in [-0.2, -0.15) is 12.6 Å². The summed E-state index contributed by atoms with van der Waals surface area (Å²) in [6.07, 6.45) is -3.12. The topological polar surface area (TPSA) is 225 Å². The van der Waals surface area contributed by atoms with Crippen LogP contribution in [0.2, 0.25) is 0 Å². The van der Waals surface area contributed by atoms with Gasteiger partial charge >= 0.3 is 0 Å². The second-order valence-corrected chi connectivity index (χ2v) is 16.4. The van der Waals surface area contributed by atoms with Crippen LogP contribution in [-0.2, 0) is 28.5 Å². The molecule has 1 aromatic rings. The first-order valence-corrected chi connectivity index (χ1v) is 18.6. The lowest BCUT2D eigenvalue weighted by atomic mass is 9.47. The van der Waals surface area contributed by atoms with Gasteiger partial charge in [0.05, 0.1) is 48.3 Å². The van der Waals surface area contributed by atoms with Gasteiger partial charge in [-0.05, 0) is 71.9 Å². The van der Waals surface area contributed by atoms with Crippen LogP contribution in [0.25, 0.3) is 0 Å². The molecule has 6 aliphatic rings. The van der Waals surface area contributed by atoms with Crippen LogP contribution in [0.5, 0.6) is 5.75 Å². The normalized spacial score (nSPS) is 46.6. The summed E-state index contributed by atoms with van der Waals surface area (Å²) < 4.78 is 27.9. The van der Waals surface area contributed by atoms with Gasteiger partial charge in [0, 0.05) is 36.4 Å². The van der Waals surface area contributed by atoms with E-state index in [1.165, 1.54) is 12.1 Å². The van der Waals surface area contributed by atoms with Gasteiger partial charge in [-0.3, -0.25) is 14.4 Å². The van der Waals surface area contributed by atoms with E-state index in [1.54, 1.807) is 20.8 Å². The molecular weight excluding hydrogens is 698 g/mol. The minimum atomic E-state index is -3.28. The molecule has 14 unspecified atom stereocenters. The van der Waals surface area contributed by atoms with Gasteiger partial charge in [-0.25, -0.2) is 0 Å². The second-order valence-electron chi connectivity index (χ2n) is 15.7. The first kappa shape index (κ1) is 38.0. The maximum absolute atomic E-state index is 14.7. The number of phenolic OH excluding ortho intramolecular Hbond substituents is 1. The van der Waals surface area contributed by atoms with Crippen LogP contribution in [0, 0.1) is 0 Å². The number of ketones is 3. The van der Waals surface area contributed by atoms with E-state index in [0.717, 1.165) is 6.08 Å². The lowest BCUT2D eigenvalue weighted by molar-refractivity contribution is -0.314. The van der Waals surface area contributed by atoms with E-state index < -0.39 is 105 Å². The average Bonchev–Trinajstić information content (AvgIpc) is 3.08. The highest BCUT2D eigenvalue weighted by molar-refractivity contribution is 7.83. The lowest BCUT2D eigenvalue weighted by Gasteiger charge is -2.64. The van der Waals surface area contributed by atoms with E-state index >= 15 is 0 Å². The molecule has 7 rings (SSSR count). The van der Waals surface area contributed by atoms with Gasteiger partial charge in [-0.1, -0.05) is 11.6 Å². The molecule has 14 atom stereocenters. The number of fused-ring (bicyclic) bond motifs is 4. The van der Waals surface area contributed by atoms with Crippen molar-refractivity contribution in [3.8, 4) is 5.75 Å². The number of Topliss-reactive ketones (excluding diaryl/α,β-unsaturated/α-hetero) is 2. The van der Waals surface area contributed by atoms with Gasteiger partial charge in [0.15, 0.2) is 35.3 Å². The summed E-state index contributed by atoms with van der Waals surface area (Å²) in [5.74, 6) is -4.04. The van der Waals surface area contributed by atoms with Crippen molar-refractivity contribution in [2.75, 3.05) is 0 Å². The number of benzene rings is 1. The van der Waals surface area contributed by atoms with E-state index in [9.17, 15) is 39.9 Å². The molecule has 4 fully saturated rings. The van der Waals surface area contributed by atoms with E-state index in [1.807, 2.05) is 6.92 Å². The molecular formula is C37H49NO13S. The van der Waals surface area contributed by atoms with Crippen LogP contribution >= 0.6 is 12.6 Å². The number of aliphatic hydroxyl groups is 4. The van der Waals surface area contributed by atoms with Crippen LogP contribution in [0.1, 0.15) is 111 Å². The van der Waals surface area contributed by atoms with Crippen molar-refractivity contribution in [1.82, 2.24) is 0 Å². The first-order chi connectivity index (χ1) is 24.4. The minimum absolute atomic E-state index is 0.213. The Morgan fingerprint density at radius 2 is 1.52 bits per heavy atom. The van der Waals surface area contributed by atoms with Crippen LogP contribution < -0.4 is 5.73 Å². The molecule has 52 heavy (non-hydrogen) atoms. The predicted octanol–water partition coefficient (Wildman–Crippen LogP) is 1.70. The monoisotopic (exact) mass is 747 g/mol. The van der Waals surface area contributed by atoms with Crippen molar-refractivity contribution in [3.05, 3.63) is 40.5 Å². The van der Waals surface area contributed by atoms with Crippen molar-refractivity contribution < 1.29 is 63.6 Å². The number of hydrogen-bond donors (Lipinski definition) is 7. The summed E-state index contributed by atoms with van der Waals surface area (Å²) in [6, 6.07) is 2.37. The summed E-state index contributed by atoms with van der Waals surface area (Å²) in [6.45, 7) is 6.91. The fraction of sp³-hybridized carbons (Fsp3) is 0.703. The van der Waals surface area contributed by atoms with E-state index in [4.69, 9.17) is 29.4 Å². The molecule has 3 aliphatic heterocycles. The Hall–Kier alpha value is -2.28. The molecule has 3 saturated heterocycles. The largest absolute Gasteiger partial charge is 0.507 e. The number of aliphatic hydroxyl groups excluding tert-OH is 1. The zero-order chi connectivity index (χ0) is 37.7. The molecule has 0 bridgehead atoms. The fourth-order valence-corrected chi connectivity index (χ4v) is 9.73. The summed E-state index contributed by atoms with van der Waals surface area (Å²) in [4.78, 5) is 43.1. The number of phenols is 1. The molecule has 15 heteroatoms. The molecule has 3 aliphatic carbocycles. The van der Waals surface area contributed by atoms with Gasteiger partial charge < -0.3 is 55.0 Å². The van der Waals surface area contributed by atoms with Crippen LogP contribution in [0.4, 0.5) is 0 Å². The molecule has 0 radical (unpaired) electrons. The highest BCUT2D eigenvalue weighted by Gasteiger charge is 2.84. The Kier molecular flexibility index (Phi) is 9.64. The summed E-state index contributed by atoms with van der Waals surface area (Å²) in [5, 5.41) is 59.0. The van der Waals surface area contributed by atoms with Gasteiger partial charge in [0.1, 0.15) is 16.1 Å². The molecule has 1 aromatic carbocycles. The number of carbonyl (C=O) groups excluding carboxylic acids is 3. The maximum atomic E-state index is 14.7. The number of nitrogens with two attached hydrogens (primary N) is 1. The number of carbonyl (C=O) groups is 3. The Labute approximate surface area is 307 Å². The lowest BCUT2D eigenvalue weighted by Crippen LogP contribution is -2.89. The van der Waals surface area contributed by atoms with Crippen molar-refractivity contribution in [2.24, 2.45) is 5.73 Å². The Balaban J connectivity index is 1.22. The molecule has 0 amide bonds. The molecule has 0 spiro atoms. The van der Waals surface area contributed by atoms with Crippen LogP contribution in [0.15, 0.2) is 23.8 Å². The van der Waals surface area contributed by atoms with E-state index in [0.29, 0.717) is 44.1 Å². The number of hydrogen-bond acceptors (Lipinski definition) is 15. The van der Waals surface area contributed by atoms with E-state index in [2.05, 4.69) is 12.6 Å². The van der Waals surface area contributed by atoms with Crippen LogP contribution in [0.3, 0.4) is 0 Å². The quantitative estimate of drug-likeness (QED) is 0.213. The summed E-state index contributed by atoms with van der Waals surface area (Å²) in [5.41, 5.74) is -3.36. The fourth-order valence-electron chi connectivity index (χ4n) is 9.19. The summed E-state index contributed by atoms with van der Waals surface area (Å²) >= 11 is 4.64. The molecule has 7 N–H and O–H groups in total. The smallest absolute Gasteiger partial charge is 0.200 e. The predicted molar refractivity (Wildman–Crippen MR) is 185 cm³/mol. The standard InChI is InChI=1S/C37H49NO13S/c1-16-13-26(40)36(45)34(44,14-16)27(51-29-11-7-22(38)17(2)48-29)15-35(52)33(43)30-21(32(42)37(35,36)46)6-5-20(31(30)41)25-10-9-24(19(4)47-25)50-28-12-8-23(39)18(3)49-28/h5-6,13,17-19,22-25,27-29,39,41,44-46,52H,7-12,14-15,38H2,1-4H3. The Morgan fingerprint density at radius 1 is 0.846 bits per heavy atom. The van der Waals surface area contributed by atoms with E-state index in [-0.39, 0.29) is 30.2 Å². The highest BCUT2D eigenvalue weighted by atomic mass is 32.1. The third kappa shape index (κ3) is 5.41. The Bertz CT molecular complexity index is 1690. The SMILES string of the molecule is CC1=CC(=O)C2(O)C(O)(C1)C(OC1CCC(N)C(C)O1)CC1(S)C(=O)c3c(ccc(C4CCC(OC5CCC(O)C(C)O5)C(C)O4)c3O)C(=O)C12O. The molecule has 0 aromatic heterocycles. The number of thiol groups is 1. The zero-order valence-corrected chi connectivity index (χ0v) is 30.6. The van der Waals surface area contributed by atoms with Gasteiger partial charge in [0.25, 0.3) is 0 Å². The summed E-state index contributed by atoms with van der Waals surface area (Å²) in [7, 11) is 0. The number of rotatable bonds is 5. The van der Waals surface area contributed by atoms with Crippen molar-refractivity contribution in [1.29, 1.82) is 0 Å². The van der Waals surface area contributed by atoms with Gasteiger partial charge in [-0.15, -0.1) is 0 Å². The highest BCUT2D eigenvalue weighted by Crippen LogP contribution is 2.61. The number of aromatic hydroxyl groups is 1. The molecule has 14 nitrogen and oxygen atoms in total. The van der Waals surface area contributed by atoms with Crippen molar-refractivity contribution >= 4 is 30.0 Å². The molecule has 1 saturated carbocycles. The molecule has 3 heterocycles. The van der Waals surface area contributed by atoms with Crippen molar-refractivity contribution in [3.63, 3.8) is 0 Å². The van der Waals surface area contributed by atoms with Crippen LogP contribution in [-0.4, -0.2) is 120 Å². The maximum Gasteiger partial charge on any atom is 0.200 e. The minimum Gasteiger partial charge on any atom is -0.507 e. The van der Waals surface area contributed by atoms with Crippen molar-refractivity contribution in [2.45, 2.75) is 162 Å². The third-order valence-electron chi connectivity index (χ3n) is 12.3. The van der Waals surface area contributed by atoms with Gasteiger partial charge in [0.2, 0.25) is 5.78 Å². The Morgan fingerprint density at radius 3 is 2.19 bits per heavy atom. The first-order valence-electron chi connectivity index (χ1n) is 18.1. The third-order valence-corrected chi connectivity index (χ3v) is 13.1. The number of ether oxygens (including phenoxy) is 5.